The van der Waals surface area contributed by atoms with E-state index in [1.54, 1.807) is 33.8 Å². The lowest BCUT2D eigenvalue weighted by atomic mass is 9.90. The van der Waals surface area contributed by atoms with Gasteiger partial charge in [-0.05, 0) is 69.5 Å². The number of nitrogens with zero attached hydrogens (tertiary/aromatic N) is 1. The van der Waals surface area contributed by atoms with Gasteiger partial charge in [-0.15, -0.1) is 0 Å². The fourth-order valence-electron chi connectivity index (χ4n) is 3.38. The molecule has 1 N–H and O–H groups in total. The number of fused-ring (bicyclic) bond motifs is 1. The highest BCUT2D eigenvalue weighted by molar-refractivity contribution is 6.30. The Kier molecular flexibility index (Phi) is 5.65. The molecule has 0 amide bonds. The molecule has 6 heteroatoms. The third-order valence-corrected chi connectivity index (χ3v) is 4.84. The summed E-state index contributed by atoms with van der Waals surface area (Å²) in [6.45, 7) is 9.07. The summed E-state index contributed by atoms with van der Waals surface area (Å²) in [6.07, 6.45) is -1.26. The van der Waals surface area contributed by atoms with Crippen LogP contribution in [0.25, 0.3) is 22.0 Å². The van der Waals surface area contributed by atoms with E-state index in [1.807, 2.05) is 25.1 Å². The number of ether oxygens (including phenoxy) is 1. The third-order valence-electron chi connectivity index (χ3n) is 4.54. The molecule has 4 nitrogen and oxygen atoms in total. The predicted octanol–water partition coefficient (Wildman–Crippen LogP) is 6.25. The first-order chi connectivity index (χ1) is 13.5. The monoisotopic (exact) mass is 415 g/mol. The maximum absolute atomic E-state index is 14.3. The van der Waals surface area contributed by atoms with E-state index in [4.69, 9.17) is 16.3 Å². The van der Waals surface area contributed by atoms with Crippen molar-refractivity contribution in [2.24, 2.45) is 0 Å². The zero-order valence-corrected chi connectivity index (χ0v) is 17.8. The predicted molar refractivity (Wildman–Crippen MR) is 113 cm³/mol. The molecule has 29 heavy (non-hydrogen) atoms. The fourth-order valence-corrected chi connectivity index (χ4v) is 3.50. The van der Waals surface area contributed by atoms with Gasteiger partial charge in [-0.3, -0.25) is 4.98 Å². The van der Waals surface area contributed by atoms with Crippen molar-refractivity contribution in [2.75, 3.05) is 0 Å². The summed E-state index contributed by atoms with van der Waals surface area (Å²) in [6, 6.07) is 10.2. The van der Waals surface area contributed by atoms with Gasteiger partial charge in [0.15, 0.2) is 6.10 Å². The van der Waals surface area contributed by atoms with Crippen molar-refractivity contribution in [1.29, 1.82) is 0 Å². The molecule has 0 spiro atoms. The highest BCUT2D eigenvalue weighted by atomic mass is 35.5. The van der Waals surface area contributed by atoms with Gasteiger partial charge in [0.2, 0.25) is 0 Å². The summed E-state index contributed by atoms with van der Waals surface area (Å²) in [5, 5.41) is 10.7. The number of benzene rings is 2. The van der Waals surface area contributed by atoms with Gasteiger partial charge in [-0.1, -0.05) is 29.8 Å². The molecule has 0 bridgehead atoms. The first kappa shape index (κ1) is 21.2. The van der Waals surface area contributed by atoms with Gasteiger partial charge in [0.1, 0.15) is 5.82 Å². The SMILES string of the molecule is Cc1ccc2c(-c3ccc(Cl)c(F)c3)c([C@H](OC(C)(C)C)C(=O)O)c(C)nc2c1. The minimum atomic E-state index is -1.26. The maximum atomic E-state index is 14.3. The van der Waals surface area contributed by atoms with Crippen molar-refractivity contribution in [2.45, 2.75) is 46.3 Å². The zero-order chi connectivity index (χ0) is 21.5. The molecule has 152 valence electrons. The van der Waals surface area contributed by atoms with Gasteiger partial charge in [0, 0.05) is 16.6 Å². The number of aromatic nitrogens is 1. The van der Waals surface area contributed by atoms with Gasteiger partial charge < -0.3 is 9.84 Å². The molecule has 0 saturated heterocycles. The second-order valence-electron chi connectivity index (χ2n) is 8.08. The van der Waals surface area contributed by atoms with Crippen molar-refractivity contribution in [1.82, 2.24) is 4.98 Å². The molecule has 0 aliphatic heterocycles. The molecule has 0 saturated carbocycles. The van der Waals surface area contributed by atoms with Crippen LogP contribution in [-0.4, -0.2) is 21.7 Å². The summed E-state index contributed by atoms with van der Waals surface area (Å²) in [4.78, 5) is 16.8. The molecule has 1 atom stereocenters. The number of aliphatic carboxylic acids is 1. The molecule has 0 aliphatic carbocycles. The van der Waals surface area contributed by atoms with E-state index >= 15 is 0 Å². The van der Waals surface area contributed by atoms with Crippen LogP contribution >= 0.6 is 11.6 Å². The van der Waals surface area contributed by atoms with Gasteiger partial charge in [0.25, 0.3) is 0 Å². The molecule has 1 aromatic heterocycles. The maximum Gasteiger partial charge on any atom is 0.337 e. The minimum absolute atomic E-state index is 0.00181. The first-order valence-electron chi connectivity index (χ1n) is 9.25. The molecule has 0 unspecified atom stereocenters. The fraction of sp³-hybridized carbons (Fsp3) is 0.304. The molecule has 0 radical (unpaired) electrons. The highest BCUT2D eigenvalue weighted by Crippen LogP contribution is 2.40. The Morgan fingerprint density at radius 2 is 1.86 bits per heavy atom. The topological polar surface area (TPSA) is 59.4 Å². The molecular weight excluding hydrogens is 393 g/mol. The standard InChI is InChI=1S/C23H23ClFNO3/c1-12-6-8-15-18(10-12)26-13(2)19(21(22(27)28)29-23(3,4)5)20(15)14-7-9-16(24)17(25)11-14/h6-11,21H,1-5H3,(H,27,28)/t21-/m0/s1. The van der Waals surface area contributed by atoms with E-state index in [9.17, 15) is 14.3 Å². The van der Waals surface area contributed by atoms with E-state index in [-0.39, 0.29) is 5.02 Å². The second kappa shape index (κ2) is 7.73. The number of hydrogen-bond donors (Lipinski definition) is 1. The Balaban J connectivity index is 2.42. The Labute approximate surface area is 174 Å². The first-order valence-corrected chi connectivity index (χ1v) is 9.62. The van der Waals surface area contributed by atoms with Crippen LogP contribution in [0.15, 0.2) is 36.4 Å². The van der Waals surface area contributed by atoms with E-state index in [0.717, 1.165) is 10.9 Å². The van der Waals surface area contributed by atoms with Crippen molar-refractivity contribution in [3.05, 3.63) is 64.1 Å². The van der Waals surface area contributed by atoms with Gasteiger partial charge in [0.05, 0.1) is 16.1 Å². The van der Waals surface area contributed by atoms with Gasteiger partial charge in [-0.25, -0.2) is 9.18 Å². The van der Waals surface area contributed by atoms with Crippen LogP contribution in [0.5, 0.6) is 0 Å². The molecule has 0 aliphatic rings. The van der Waals surface area contributed by atoms with Crippen LogP contribution in [0.3, 0.4) is 0 Å². The molecule has 3 aromatic rings. The van der Waals surface area contributed by atoms with Crippen molar-refractivity contribution in [3.8, 4) is 11.1 Å². The average Bonchev–Trinajstić information content (AvgIpc) is 2.60. The Morgan fingerprint density at radius 1 is 1.17 bits per heavy atom. The summed E-state index contributed by atoms with van der Waals surface area (Å²) in [7, 11) is 0. The van der Waals surface area contributed by atoms with Crippen LogP contribution in [-0.2, 0) is 9.53 Å². The van der Waals surface area contributed by atoms with Crippen LogP contribution < -0.4 is 0 Å². The third kappa shape index (κ3) is 4.41. The van der Waals surface area contributed by atoms with Crippen molar-refractivity contribution < 1.29 is 19.0 Å². The summed E-state index contributed by atoms with van der Waals surface area (Å²) in [5.74, 6) is -1.71. The molecular formula is C23H23ClFNO3. The summed E-state index contributed by atoms with van der Waals surface area (Å²) < 4.78 is 20.2. The zero-order valence-electron chi connectivity index (χ0n) is 17.0. The van der Waals surface area contributed by atoms with Crippen molar-refractivity contribution in [3.63, 3.8) is 0 Å². The average molecular weight is 416 g/mol. The molecule has 3 rings (SSSR count). The smallest absolute Gasteiger partial charge is 0.337 e. The molecule has 0 fully saturated rings. The van der Waals surface area contributed by atoms with E-state index in [0.29, 0.717) is 27.9 Å². The van der Waals surface area contributed by atoms with Gasteiger partial charge in [-0.2, -0.15) is 0 Å². The largest absolute Gasteiger partial charge is 0.479 e. The lowest BCUT2D eigenvalue weighted by Gasteiger charge is -2.28. The summed E-state index contributed by atoms with van der Waals surface area (Å²) in [5.41, 5.74) is 3.04. The van der Waals surface area contributed by atoms with E-state index < -0.39 is 23.5 Å². The lowest BCUT2D eigenvalue weighted by molar-refractivity contribution is -0.160. The minimum Gasteiger partial charge on any atom is -0.479 e. The number of aryl methyl sites for hydroxylation is 2. The number of halogens is 2. The Bertz CT molecular complexity index is 1110. The Morgan fingerprint density at radius 3 is 2.45 bits per heavy atom. The number of carboxylic acids is 1. The quantitative estimate of drug-likeness (QED) is 0.547. The number of carboxylic acid groups (broad SMARTS) is 1. The number of hydrogen-bond acceptors (Lipinski definition) is 3. The van der Waals surface area contributed by atoms with E-state index in [2.05, 4.69) is 4.98 Å². The Hall–Kier alpha value is -2.50. The van der Waals surface area contributed by atoms with Gasteiger partial charge >= 0.3 is 5.97 Å². The molecule has 1 heterocycles. The number of rotatable bonds is 4. The number of pyridine rings is 1. The molecule has 2 aromatic carbocycles. The number of carbonyl (C=O) groups is 1. The normalized spacial score (nSPS) is 12.9. The van der Waals surface area contributed by atoms with Crippen LogP contribution in [0.2, 0.25) is 5.02 Å². The summed E-state index contributed by atoms with van der Waals surface area (Å²) >= 11 is 5.87. The highest BCUT2D eigenvalue weighted by Gasteiger charge is 2.32. The van der Waals surface area contributed by atoms with Crippen molar-refractivity contribution >= 4 is 28.5 Å². The van der Waals surface area contributed by atoms with Crippen LogP contribution in [0.1, 0.15) is 43.7 Å². The lowest BCUT2D eigenvalue weighted by Crippen LogP contribution is -2.28. The second-order valence-corrected chi connectivity index (χ2v) is 8.49. The van der Waals surface area contributed by atoms with Crippen LogP contribution in [0, 0.1) is 19.7 Å². The van der Waals surface area contributed by atoms with E-state index in [1.165, 1.54) is 12.1 Å². The van der Waals surface area contributed by atoms with Crippen LogP contribution in [0.4, 0.5) is 4.39 Å².